The third kappa shape index (κ3) is 3.20. The van der Waals surface area contributed by atoms with Gasteiger partial charge < -0.3 is 4.90 Å². The van der Waals surface area contributed by atoms with Crippen LogP contribution in [0.15, 0.2) is 30.7 Å². The second-order valence-corrected chi connectivity index (χ2v) is 4.51. The summed E-state index contributed by atoms with van der Waals surface area (Å²) in [7, 11) is 0. The van der Waals surface area contributed by atoms with E-state index in [1.807, 2.05) is 18.2 Å². The van der Waals surface area contributed by atoms with E-state index in [1.165, 1.54) is 6.33 Å². The number of halogens is 1. The summed E-state index contributed by atoms with van der Waals surface area (Å²) in [5, 5.41) is 0.534. The molecule has 0 fully saturated rings. The van der Waals surface area contributed by atoms with Crippen LogP contribution in [0.5, 0.6) is 0 Å². The van der Waals surface area contributed by atoms with Crippen LogP contribution < -0.4 is 4.90 Å². The highest BCUT2D eigenvalue weighted by Gasteiger charge is 2.14. The molecule has 0 atom stereocenters. The van der Waals surface area contributed by atoms with Crippen LogP contribution in [0.3, 0.4) is 0 Å². The first-order valence-corrected chi connectivity index (χ1v) is 6.78. The lowest BCUT2D eigenvalue weighted by Gasteiger charge is -2.23. The molecule has 100 valence electrons. The standard InChI is InChI=1S/C14H17ClN4/c1-3-12-13(15)17-10-18-14(12)19(4-2)9-11-7-5-6-8-16-11/h5-8,10H,3-4,9H2,1-2H3. The van der Waals surface area contributed by atoms with Crippen molar-refractivity contribution in [3.63, 3.8) is 0 Å². The van der Waals surface area contributed by atoms with Gasteiger partial charge in [-0.05, 0) is 25.5 Å². The summed E-state index contributed by atoms with van der Waals surface area (Å²) in [6.07, 6.45) is 4.13. The SMILES string of the molecule is CCc1c(Cl)ncnc1N(CC)Cc1ccccn1. The summed E-state index contributed by atoms with van der Waals surface area (Å²) in [6, 6.07) is 5.92. The van der Waals surface area contributed by atoms with Crippen molar-refractivity contribution in [3.8, 4) is 0 Å². The quantitative estimate of drug-likeness (QED) is 0.787. The van der Waals surface area contributed by atoms with Gasteiger partial charge in [0.2, 0.25) is 0 Å². The van der Waals surface area contributed by atoms with Gasteiger partial charge >= 0.3 is 0 Å². The van der Waals surface area contributed by atoms with E-state index in [0.29, 0.717) is 5.15 Å². The number of anilines is 1. The zero-order chi connectivity index (χ0) is 13.7. The van der Waals surface area contributed by atoms with Crippen LogP contribution in [-0.4, -0.2) is 21.5 Å². The number of hydrogen-bond donors (Lipinski definition) is 0. The molecule has 2 aromatic heterocycles. The minimum Gasteiger partial charge on any atom is -0.351 e. The van der Waals surface area contributed by atoms with Crippen molar-refractivity contribution in [2.24, 2.45) is 0 Å². The van der Waals surface area contributed by atoms with Crippen LogP contribution in [0, 0.1) is 0 Å². The molecule has 0 bridgehead atoms. The smallest absolute Gasteiger partial charge is 0.137 e. The van der Waals surface area contributed by atoms with E-state index < -0.39 is 0 Å². The highest BCUT2D eigenvalue weighted by Crippen LogP contribution is 2.24. The average molecular weight is 277 g/mol. The Morgan fingerprint density at radius 2 is 2.00 bits per heavy atom. The Kier molecular flexibility index (Phi) is 4.68. The molecule has 2 aromatic rings. The summed E-state index contributed by atoms with van der Waals surface area (Å²) < 4.78 is 0. The molecule has 0 aliphatic carbocycles. The molecule has 0 aliphatic heterocycles. The van der Waals surface area contributed by atoms with E-state index in [-0.39, 0.29) is 0 Å². The van der Waals surface area contributed by atoms with Crippen LogP contribution in [0.4, 0.5) is 5.82 Å². The van der Waals surface area contributed by atoms with Crippen molar-refractivity contribution >= 4 is 17.4 Å². The maximum absolute atomic E-state index is 6.14. The van der Waals surface area contributed by atoms with E-state index in [2.05, 4.69) is 33.7 Å². The molecule has 0 saturated carbocycles. The van der Waals surface area contributed by atoms with Crippen molar-refractivity contribution in [2.45, 2.75) is 26.8 Å². The molecule has 2 rings (SSSR count). The van der Waals surface area contributed by atoms with Crippen molar-refractivity contribution in [1.29, 1.82) is 0 Å². The van der Waals surface area contributed by atoms with Crippen molar-refractivity contribution in [1.82, 2.24) is 15.0 Å². The minimum absolute atomic E-state index is 0.534. The fraction of sp³-hybridized carbons (Fsp3) is 0.357. The molecule has 0 aromatic carbocycles. The third-order valence-corrected chi connectivity index (χ3v) is 3.31. The zero-order valence-corrected chi connectivity index (χ0v) is 11.9. The Morgan fingerprint density at radius 3 is 2.63 bits per heavy atom. The number of pyridine rings is 1. The molecular formula is C14H17ClN4. The monoisotopic (exact) mass is 276 g/mol. The molecule has 5 heteroatoms. The number of rotatable bonds is 5. The Hall–Kier alpha value is -1.68. The van der Waals surface area contributed by atoms with Gasteiger partial charge in [-0.3, -0.25) is 4.98 Å². The molecule has 0 unspecified atom stereocenters. The predicted molar refractivity (Wildman–Crippen MR) is 77.4 cm³/mol. The van der Waals surface area contributed by atoms with Crippen LogP contribution >= 0.6 is 11.6 Å². The van der Waals surface area contributed by atoms with Crippen molar-refractivity contribution in [2.75, 3.05) is 11.4 Å². The van der Waals surface area contributed by atoms with E-state index in [0.717, 1.165) is 36.6 Å². The first-order chi connectivity index (χ1) is 9.26. The molecule has 0 amide bonds. The van der Waals surface area contributed by atoms with Gasteiger partial charge in [-0.2, -0.15) is 0 Å². The molecule has 0 aliphatic rings. The van der Waals surface area contributed by atoms with Crippen LogP contribution in [0.1, 0.15) is 25.1 Å². The minimum atomic E-state index is 0.534. The number of hydrogen-bond acceptors (Lipinski definition) is 4. The molecular weight excluding hydrogens is 260 g/mol. The van der Waals surface area contributed by atoms with E-state index >= 15 is 0 Å². The number of nitrogens with zero attached hydrogens (tertiary/aromatic N) is 4. The Balaban J connectivity index is 2.30. The fourth-order valence-electron chi connectivity index (χ4n) is 1.98. The summed E-state index contributed by atoms with van der Waals surface area (Å²) in [6.45, 7) is 5.72. The lowest BCUT2D eigenvalue weighted by molar-refractivity contribution is 0.781. The van der Waals surface area contributed by atoms with Gasteiger partial charge in [0.05, 0.1) is 12.2 Å². The van der Waals surface area contributed by atoms with E-state index in [1.54, 1.807) is 6.20 Å². The van der Waals surface area contributed by atoms with Gasteiger partial charge in [0.15, 0.2) is 0 Å². The normalized spacial score (nSPS) is 10.5. The van der Waals surface area contributed by atoms with Crippen molar-refractivity contribution in [3.05, 3.63) is 47.1 Å². The average Bonchev–Trinajstić information content (AvgIpc) is 2.45. The van der Waals surface area contributed by atoms with E-state index in [4.69, 9.17) is 11.6 Å². The van der Waals surface area contributed by atoms with Gasteiger partial charge in [-0.15, -0.1) is 0 Å². The highest BCUT2D eigenvalue weighted by atomic mass is 35.5. The van der Waals surface area contributed by atoms with E-state index in [9.17, 15) is 0 Å². The second kappa shape index (κ2) is 6.48. The van der Waals surface area contributed by atoms with Gasteiger partial charge in [0, 0.05) is 18.3 Å². The Bertz CT molecular complexity index is 530. The first-order valence-electron chi connectivity index (χ1n) is 6.40. The van der Waals surface area contributed by atoms with Crippen LogP contribution in [0.2, 0.25) is 5.15 Å². The van der Waals surface area contributed by atoms with Gasteiger partial charge in [0.25, 0.3) is 0 Å². The first kappa shape index (κ1) is 13.7. The van der Waals surface area contributed by atoms with Crippen LogP contribution in [-0.2, 0) is 13.0 Å². The van der Waals surface area contributed by atoms with Crippen LogP contribution in [0.25, 0.3) is 0 Å². The van der Waals surface area contributed by atoms with Gasteiger partial charge in [0.1, 0.15) is 17.3 Å². The summed E-state index contributed by atoms with van der Waals surface area (Å²) >= 11 is 6.14. The predicted octanol–water partition coefficient (Wildman–Crippen LogP) is 3.11. The van der Waals surface area contributed by atoms with Gasteiger partial charge in [-0.25, -0.2) is 9.97 Å². The van der Waals surface area contributed by atoms with Gasteiger partial charge in [-0.1, -0.05) is 24.6 Å². The maximum atomic E-state index is 6.14. The summed E-state index contributed by atoms with van der Waals surface area (Å²) in [5.41, 5.74) is 2.00. The topological polar surface area (TPSA) is 41.9 Å². The molecule has 19 heavy (non-hydrogen) atoms. The Labute approximate surface area is 118 Å². The summed E-state index contributed by atoms with van der Waals surface area (Å²) in [4.78, 5) is 14.9. The molecule has 0 spiro atoms. The highest BCUT2D eigenvalue weighted by molar-refractivity contribution is 6.30. The lowest BCUT2D eigenvalue weighted by Crippen LogP contribution is -2.25. The molecule has 0 saturated heterocycles. The zero-order valence-electron chi connectivity index (χ0n) is 11.2. The number of aromatic nitrogens is 3. The van der Waals surface area contributed by atoms with Crippen molar-refractivity contribution < 1.29 is 0 Å². The fourth-order valence-corrected chi connectivity index (χ4v) is 2.24. The second-order valence-electron chi connectivity index (χ2n) is 4.16. The largest absolute Gasteiger partial charge is 0.351 e. The molecule has 0 radical (unpaired) electrons. The lowest BCUT2D eigenvalue weighted by atomic mass is 10.2. The maximum Gasteiger partial charge on any atom is 0.137 e. The molecule has 2 heterocycles. The molecule has 4 nitrogen and oxygen atoms in total. The molecule has 0 N–H and O–H groups in total. The summed E-state index contributed by atoms with van der Waals surface area (Å²) in [5.74, 6) is 0.899. The Morgan fingerprint density at radius 1 is 1.16 bits per heavy atom. The third-order valence-electron chi connectivity index (χ3n) is 2.98.